The number of ether oxygens (including phenoxy) is 3. The minimum Gasteiger partial charge on any atom is -0.507 e. The zero-order chi connectivity index (χ0) is 24.6. The van der Waals surface area contributed by atoms with Gasteiger partial charge >= 0.3 is 5.97 Å². The third-order valence-electron chi connectivity index (χ3n) is 6.27. The molecule has 1 atom stereocenters. The summed E-state index contributed by atoms with van der Waals surface area (Å²) in [7, 11) is 1.16. The van der Waals surface area contributed by atoms with Crippen molar-refractivity contribution in [1.82, 2.24) is 0 Å². The van der Waals surface area contributed by atoms with Gasteiger partial charge in [-0.2, -0.15) is 0 Å². The summed E-state index contributed by atoms with van der Waals surface area (Å²) in [6.45, 7) is 2.50. The lowest BCUT2D eigenvalue weighted by atomic mass is 9.81. The number of hydrogen-bond acceptors (Lipinski definition) is 9. The van der Waals surface area contributed by atoms with Crippen molar-refractivity contribution < 1.29 is 43.6 Å². The Kier molecular flexibility index (Phi) is 6.24. The molecule has 34 heavy (non-hydrogen) atoms. The van der Waals surface area contributed by atoms with Crippen LogP contribution in [0.4, 0.5) is 0 Å². The average Bonchev–Trinajstić information content (AvgIpc) is 3.28. The van der Waals surface area contributed by atoms with Crippen molar-refractivity contribution in [2.75, 3.05) is 20.3 Å². The number of ketones is 3. The zero-order valence-corrected chi connectivity index (χ0v) is 18.8. The van der Waals surface area contributed by atoms with Crippen molar-refractivity contribution in [3.05, 3.63) is 58.1 Å². The highest BCUT2D eigenvalue weighted by molar-refractivity contribution is 6.30. The molecule has 1 unspecified atom stereocenters. The number of Topliss-reactive ketones (excluding diaryl/α,β-unsaturated/α-hetero) is 1. The highest BCUT2D eigenvalue weighted by atomic mass is 16.7. The van der Waals surface area contributed by atoms with Gasteiger partial charge in [0, 0.05) is 11.1 Å². The van der Waals surface area contributed by atoms with E-state index in [-0.39, 0.29) is 40.8 Å². The lowest BCUT2D eigenvalue weighted by Gasteiger charge is -2.27. The fraction of sp³-hybridized carbons (Fsp3) is 0.360. The van der Waals surface area contributed by atoms with Crippen molar-refractivity contribution in [2.45, 2.75) is 32.0 Å². The third-order valence-corrected chi connectivity index (χ3v) is 6.27. The van der Waals surface area contributed by atoms with Gasteiger partial charge in [-0.1, -0.05) is 19.1 Å². The van der Waals surface area contributed by atoms with Gasteiger partial charge in [-0.05, 0) is 36.6 Å². The number of phenols is 2. The van der Waals surface area contributed by atoms with E-state index in [0.717, 1.165) is 7.11 Å². The monoisotopic (exact) mass is 468 g/mol. The summed E-state index contributed by atoms with van der Waals surface area (Å²) in [6, 6.07) is 6.75. The van der Waals surface area contributed by atoms with E-state index >= 15 is 0 Å². The molecule has 0 spiro atoms. The number of aromatic hydroxyl groups is 2. The molecule has 0 aromatic heterocycles. The molecule has 0 saturated carbocycles. The second-order valence-corrected chi connectivity index (χ2v) is 8.28. The first-order chi connectivity index (χ1) is 16.2. The van der Waals surface area contributed by atoms with E-state index in [1.54, 1.807) is 0 Å². The molecule has 0 amide bonds. The van der Waals surface area contributed by atoms with Crippen LogP contribution in [0, 0.1) is 5.92 Å². The molecule has 178 valence electrons. The summed E-state index contributed by atoms with van der Waals surface area (Å²) < 4.78 is 16.0. The molecule has 0 bridgehead atoms. The molecule has 2 aromatic rings. The van der Waals surface area contributed by atoms with Gasteiger partial charge in [-0.15, -0.1) is 0 Å². The van der Waals surface area contributed by atoms with E-state index < -0.39 is 40.8 Å². The summed E-state index contributed by atoms with van der Waals surface area (Å²) in [4.78, 5) is 51.6. The van der Waals surface area contributed by atoms with Gasteiger partial charge in [-0.25, -0.2) is 0 Å². The van der Waals surface area contributed by atoms with Crippen molar-refractivity contribution >= 4 is 23.3 Å². The summed E-state index contributed by atoms with van der Waals surface area (Å²) >= 11 is 0. The first-order valence-electron chi connectivity index (χ1n) is 10.9. The van der Waals surface area contributed by atoms with Crippen LogP contribution in [-0.4, -0.2) is 59.6 Å². The van der Waals surface area contributed by atoms with E-state index in [2.05, 4.69) is 0 Å². The second kappa shape index (κ2) is 9.00. The van der Waals surface area contributed by atoms with Crippen LogP contribution in [-0.2, 0) is 30.2 Å². The molecule has 9 nitrogen and oxygen atoms in total. The van der Waals surface area contributed by atoms with Gasteiger partial charge in [-0.3, -0.25) is 19.2 Å². The first-order valence-corrected chi connectivity index (χ1v) is 10.9. The van der Waals surface area contributed by atoms with Gasteiger partial charge in [0.15, 0.2) is 17.4 Å². The van der Waals surface area contributed by atoms with Crippen molar-refractivity contribution in [1.29, 1.82) is 0 Å². The van der Waals surface area contributed by atoms with Crippen LogP contribution in [0.25, 0.3) is 0 Å². The van der Waals surface area contributed by atoms with E-state index in [4.69, 9.17) is 14.2 Å². The van der Waals surface area contributed by atoms with Crippen LogP contribution in [0.3, 0.4) is 0 Å². The predicted molar refractivity (Wildman–Crippen MR) is 117 cm³/mol. The molecule has 2 aromatic carbocycles. The fourth-order valence-corrected chi connectivity index (χ4v) is 4.48. The number of benzene rings is 2. The molecular weight excluding hydrogens is 444 g/mol. The Labute approximate surface area is 195 Å². The molecule has 2 aliphatic rings. The van der Waals surface area contributed by atoms with Crippen LogP contribution in [0.2, 0.25) is 0 Å². The van der Waals surface area contributed by atoms with Crippen LogP contribution < -0.4 is 0 Å². The topological polar surface area (TPSA) is 136 Å². The molecule has 9 heteroatoms. The number of phenolic OH excluding ortho intramolecular Hbond substituents is 2. The van der Waals surface area contributed by atoms with Gasteiger partial charge < -0.3 is 24.4 Å². The second-order valence-electron chi connectivity index (χ2n) is 8.28. The maximum Gasteiger partial charge on any atom is 0.316 e. The fourth-order valence-electron chi connectivity index (χ4n) is 4.48. The van der Waals surface area contributed by atoms with Crippen molar-refractivity contribution in [2.24, 2.45) is 5.92 Å². The average molecular weight is 468 g/mol. The maximum absolute atomic E-state index is 13.1. The van der Waals surface area contributed by atoms with Crippen LogP contribution in [0.1, 0.15) is 57.2 Å². The number of fused-ring (bicyclic) bond motifs is 2. The van der Waals surface area contributed by atoms with E-state index in [0.29, 0.717) is 25.2 Å². The smallest absolute Gasteiger partial charge is 0.316 e. The summed E-state index contributed by atoms with van der Waals surface area (Å²) in [5.74, 6) is -5.66. The summed E-state index contributed by atoms with van der Waals surface area (Å²) in [5, 5.41) is 20.7. The van der Waals surface area contributed by atoms with Gasteiger partial charge in [0.25, 0.3) is 0 Å². The summed E-state index contributed by atoms with van der Waals surface area (Å²) in [5.41, 5.74) is -0.172. The molecule has 1 aliphatic carbocycles. The SMILES string of the molecule is CCC1(CC(=O)C(Cc2cc(O)c3c(c2)C(=O)c2cccc(O)c2C3=O)C(=O)OC)OCCO1. The highest BCUT2D eigenvalue weighted by Gasteiger charge is 2.41. The standard InChI is InChI=1S/C25H24O9/c1-3-25(33-7-8-34-25)12-19(28)15(24(31)32-2)9-13-10-16-21(18(27)11-13)23(30)20-14(22(16)29)5-4-6-17(20)26/h4-6,10-11,15,26-27H,3,7-9,12H2,1-2H3. The Morgan fingerprint density at radius 3 is 2.35 bits per heavy atom. The minimum atomic E-state index is -1.23. The molecule has 1 fully saturated rings. The van der Waals surface area contributed by atoms with Gasteiger partial charge in [0.05, 0.1) is 37.9 Å². The normalized spacial score (nSPS) is 17.1. The van der Waals surface area contributed by atoms with Crippen LogP contribution in [0.15, 0.2) is 30.3 Å². The lowest BCUT2D eigenvalue weighted by molar-refractivity contribution is -0.174. The Hall–Kier alpha value is -3.56. The first kappa shape index (κ1) is 23.6. The highest BCUT2D eigenvalue weighted by Crippen LogP contribution is 2.38. The van der Waals surface area contributed by atoms with Crippen LogP contribution >= 0.6 is 0 Å². The number of methoxy groups -OCH3 is 1. The molecule has 1 heterocycles. The molecule has 4 rings (SSSR count). The molecular formula is C25H24O9. The number of carbonyl (C=O) groups excluding carboxylic acids is 4. The number of rotatable bonds is 7. The maximum atomic E-state index is 13.1. The Morgan fingerprint density at radius 2 is 1.71 bits per heavy atom. The van der Waals surface area contributed by atoms with Crippen molar-refractivity contribution in [3.63, 3.8) is 0 Å². The Bertz CT molecular complexity index is 1190. The van der Waals surface area contributed by atoms with Gasteiger partial charge in [0.2, 0.25) is 5.78 Å². The number of carbonyl (C=O) groups is 4. The van der Waals surface area contributed by atoms with E-state index in [1.165, 1.54) is 30.3 Å². The molecule has 2 N–H and O–H groups in total. The summed E-state index contributed by atoms with van der Waals surface area (Å²) in [6.07, 6.45) is 0.0832. The van der Waals surface area contributed by atoms with Crippen molar-refractivity contribution in [3.8, 4) is 11.5 Å². The quantitative estimate of drug-likeness (QED) is 0.395. The third kappa shape index (κ3) is 3.97. The number of esters is 1. The van der Waals surface area contributed by atoms with Crippen LogP contribution in [0.5, 0.6) is 11.5 Å². The minimum absolute atomic E-state index is 0.00932. The Morgan fingerprint density at radius 1 is 1.03 bits per heavy atom. The predicted octanol–water partition coefficient (Wildman–Crippen LogP) is 2.32. The molecule has 1 saturated heterocycles. The zero-order valence-electron chi connectivity index (χ0n) is 18.8. The number of hydrogen-bond donors (Lipinski definition) is 2. The molecule has 0 radical (unpaired) electrons. The van der Waals surface area contributed by atoms with E-state index in [9.17, 15) is 29.4 Å². The molecule has 1 aliphatic heterocycles. The lowest BCUT2D eigenvalue weighted by Crippen LogP contribution is -2.37. The van der Waals surface area contributed by atoms with Gasteiger partial charge in [0.1, 0.15) is 17.4 Å². The van der Waals surface area contributed by atoms with E-state index in [1.807, 2.05) is 6.92 Å². The largest absolute Gasteiger partial charge is 0.507 e. The Balaban J connectivity index is 1.68.